The number of piperazine rings is 1. The Morgan fingerprint density at radius 1 is 1.11 bits per heavy atom. The van der Waals surface area contributed by atoms with E-state index in [4.69, 9.17) is 0 Å². The van der Waals surface area contributed by atoms with Crippen molar-refractivity contribution in [3.8, 4) is 0 Å². The minimum atomic E-state index is -3.50. The van der Waals surface area contributed by atoms with Crippen LogP contribution in [0.1, 0.15) is 18.9 Å². The molecule has 0 aromatic heterocycles. The summed E-state index contributed by atoms with van der Waals surface area (Å²) in [6, 6.07) is 5.20. The number of likely N-dealkylation sites (N-methyl/N-ethyl adjacent to an activating group) is 1. The molecule has 150 valence electrons. The molecule has 7 nitrogen and oxygen atoms in total. The summed E-state index contributed by atoms with van der Waals surface area (Å²) in [5.41, 5.74) is 1.79. The fourth-order valence-corrected chi connectivity index (χ4v) is 5.22. The standard InChI is InChI=1S/C19H30N4O3S/c1-16(24)23-8-4-5-17-15-18(6-7-19(17)23)27(25,26)22-13-11-21(12-14-22)10-9-20(2)3/h6-7,15H,4-5,8-14H2,1-3H3. The third-order valence-corrected chi connectivity index (χ3v) is 7.28. The van der Waals surface area contributed by atoms with Crippen molar-refractivity contribution in [1.82, 2.24) is 14.1 Å². The minimum Gasteiger partial charge on any atom is -0.312 e. The lowest BCUT2D eigenvalue weighted by Gasteiger charge is -2.35. The number of benzene rings is 1. The molecule has 0 saturated carbocycles. The van der Waals surface area contributed by atoms with Gasteiger partial charge < -0.3 is 9.80 Å². The largest absolute Gasteiger partial charge is 0.312 e. The molecule has 0 N–H and O–H groups in total. The zero-order valence-electron chi connectivity index (χ0n) is 16.5. The molecule has 27 heavy (non-hydrogen) atoms. The molecule has 3 rings (SSSR count). The SMILES string of the molecule is CC(=O)N1CCCc2cc(S(=O)(=O)N3CCN(CCN(C)C)CC3)ccc21. The second-order valence-electron chi connectivity index (χ2n) is 7.61. The van der Waals surface area contributed by atoms with Gasteiger partial charge in [-0.05, 0) is 50.7 Å². The van der Waals surface area contributed by atoms with Crippen LogP contribution in [0.5, 0.6) is 0 Å². The molecule has 1 saturated heterocycles. The zero-order valence-corrected chi connectivity index (χ0v) is 17.3. The Kier molecular flexibility index (Phi) is 6.20. The number of amides is 1. The number of sulfonamides is 1. The van der Waals surface area contributed by atoms with Crippen LogP contribution in [-0.4, -0.2) is 88.3 Å². The average Bonchev–Trinajstić information content (AvgIpc) is 2.65. The van der Waals surface area contributed by atoms with Gasteiger partial charge in [0.15, 0.2) is 0 Å². The number of carbonyl (C=O) groups is 1. The van der Waals surface area contributed by atoms with Gasteiger partial charge in [-0.1, -0.05) is 0 Å². The second-order valence-corrected chi connectivity index (χ2v) is 9.55. The van der Waals surface area contributed by atoms with Crippen LogP contribution >= 0.6 is 0 Å². The lowest BCUT2D eigenvalue weighted by atomic mass is 10.0. The number of nitrogens with zero attached hydrogens (tertiary/aromatic N) is 4. The molecule has 2 aliphatic heterocycles. The summed E-state index contributed by atoms with van der Waals surface area (Å²) in [5, 5.41) is 0. The smallest absolute Gasteiger partial charge is 0.243 e. The van der Waals surface area contributed by atoms with Crippen LogP contribution < -0.4 is 4.90 Å². The predicted octanol–water partition coefficient (Wildman–Crippen LogP) is 0.854. The predicted molar refractivity (Wildman–Crippen MR) is 107 cm³/mol. The van der Waals surface area contributed by atoms with E-state index >= 15 is 0 Å². The van der Waals surface area contributed by atoms with Gasteiger partial charge in [-0.2, -0.15) is 4.31 Å². The van der Waals surface area contributed by atoms with Crippen molar-refractivity contribution in [2.45, 2.75) is 24.7 Å². The topological polar surface area (TPSA) is 64.2 Å². The highest BCUT2D eigenvalue weighted by molar-refractivity contribution is 7.89. The van der Waals surface area contributed by atoms with E-state index in [1.165, 1.54) is 0 Å². The minimum absolute atomic E-state index is 0.000373. The first-order valence-corrected chi connectivity index (χ1v) is 11.0. The number of carbonyl (C=O) groups excluding carboxylic acids is 1. The van der Waals surface area contributed by atoms with Gasteiger partial charge in [-0.15, -0.1) is 0 Å². The summed E-state index contributed by atoms with van der Waals surface area (Å²) in [6.07, 6.45) is 1.67. The van der Waals surface area contributed by atoms with E-state index in [1.807, 2.05) is 14.1 Å². The van der Waals surface area contributed by atoms with Crippen molar-refractivity contribution in [2.24, 2.45) is 0 Å². The van der Waals surface area contributed by atoms with Crippen LogP contribution in [0.2, 0.25) is 0 Å². The van der Waals surface area contributed by atoms with Crippen LogP contribution in [0.4, 0.5) is 5.69 Å². The molecule has 8 heteroatoms. The molecule has 0 spiro atoms. The van der Waals surface area contributed by atoms with E-state index in [-0.39, 0.29) is 5.91 Å². The van der Waals surface area contributed by atoms with Crippen molar-refractivity contribution in [3.05, 3.63) is 23.8 Å². The number of anilines is 1. The third kappa shape index (κ3) is 4.51. The Bertz CT molecular complexity index is 786. The molecule has 0 radical (unpaired) electrons. The fraction of sp³-hybridized carbons (Fsp3) is 0.632. The lowest BCUT2D eigenvalue weighted by Crippen LogP contribution is -2.49. The van der Waals surface area contributed by atoms with Crippen LogP contribution in [0.3, 0.4) is 0 Å². The molecule has 1 fully saturated rings. The maximum Gasteiger partial charge on any atom is 0.243 e. The maximum atomic E-state index is 13.1. The van der Waals surface area contributed by atoms with Crippen LogP contribution in [0, 0.1) is 0 Å². The molecule has 2 heterocycles. The molecule has 2 aliphatic rings. The monoisotopic (exact) mass is 394 g/mol. The van der Waals surface area contributed by atoms with E-state index < -0.39 is 10.0 Å². The Morgan fingerprint density at radius 3 is 2.44 bits per heavy atom. The molecule has 1 amide bonds. The van der Waals surface area contributed by atoms with Gasteiger partial charge in [0.05, 0.1) is 4.90 Å². The van der Waals surface area contributed by atoms with Crippen molar-refractivity contribution in [2.75, 3.05) is 64.8 Å². The van der Waals surface area contributed by atoms with Crippen molar-refractivity contribution >= 4 is 21.6 Å². The van der Waals surface area contributed by atoms with Gasteiger partial charge >= 0.3 is 0 Å². The molecule has 0 unspecified atom stereocenters. The van der Waals surface area contributed by atoms with E-state index in [0.29, 0.717) is 24.5 Å². The Hall–Kier alpha value is -1.48. The highest BCUT2D eigenvalue weighted by atomic mass is 32.2. The summed E-state index contributed by atoms with van der Waals surface area (Å²) >= 11 is 0. The normalized spacial score (nSPS) is 19.3. The fourth-order valence-electron chi connectivity index (χ4n) is 3.75. The van der Waals surface area contributed by atoms with Gasteiger partial charge in [0.2, 0.25) is 15.9 Å². The summed E-state index contributed by atoms with van der Waals surface area (Å²) in [6.45, 7) is 6.74. The lowest BCUT2D eigenvalue weighted by molar-refractivity contribution is -0.116. The zero-order chi connectivity index (χ0) is 19.6. The summed E-state index contributed by atoms with van der Waals surface area (Å²) in [7, 11) is 0.596. The van der Waals surface area contributed by atoms with Crippen molar-refractivity contribution < 1.29 is 13.2 Å². The van der Waals surface area contributed by atoms with Gasteiger partial charge in [-0.3, -0.25) is 9.69 Å². The Balaban J connectivity index is 1.72. The van der Waals surface area contributed by atoms with E-state index in [0.717, 1.165) is 50.3 Å². The van der Waals surface area contributed by atoms with Crippen LogP contribution in [0.15, 0.2) is 23.1 Å². The Morgan fingerprint density at radius 2 is 1.81 bits per heavy atom. The number of fused-ring (bicyclic) bond motifs is 1. The Labute approximate surface area is 162 Å². The van der Waals surface area contributed by atoms with Crippen molar-refractivity contribution in [3.63, 3.8) is 0 Å². The first-order chi connectivity index (χ1) is 12.8. The van der Waals surface area contributed by atoms with Gasteiger partial charge in [0, 0.05) is 58.4 Å². The molecule has 0 aliphatic carbocycles. The van der Waals surface area contributed by atoms with E-state index in [1.54, 1.807) is 34.3 Å². The molecule has 1 aromatic rings. The van der Waals surface area contributed by atoms with Gasteiger partial charge in [0.1, 0.15) is 0 Å². The molecule has 0 bridgehead atoms. The summed E-state index contributed by atoms with van der Waals surface area (Å²) in [4.78, 5) is 18.3. The summed E-state index contributed by atoms with van der Waals surface area (Å²) in [5.74, 6) is 0.000373. The molecule has 1 aromatic carbocycles. The molecule has 0 atom stereocenters. The van der Waals surface area contributed by atoms with Gasteiger partial charge in [0.25, 0.3) is 0 Å². The highest BCUT2D eigenvalue weighted by Gasteiger charge is 2.30. The summed E-state index contributed by atoms with van der Waals surface area (Å²) < 4.78 is 27.7. The number of hydrogen-bond donors (Lipinski definition) is 0. The number of hydrogen-bond acceptors (Lipinski definition) is 5. The van der Waals surface area contributed by atoms with Crippen LogP contribution in [-0.2, 0) is 21.2 Å². The van der Waals surface area contributed by atoms with Crippen LogP contribution in [0.25, 0.3) is 0 Å². The third-order valence-electron chi connectivity index (χ3n) is 5.38. The number of rotatable bonds is 5. The quantitative estimate of drug-likeness (QED) is 0.741. The average molecular weight is 395 g/mol. The first-order valence-electron chi connectivity index (χ1n) is 9.57. The number of aryl methyl sites for hydroxylation is 1. The van der Waals surface area contributed by atoms with E-state index in [2.05, 4.69) is 9.80 Å². The van der Waals surface area contributed by atoms with Crippen molar-refractivity contribution in [1.29, 1.82) is 0 Å². The molecular weight excluding hydrogens is 364 g/mol. The second kappa shape index (κ2) is 8.26. The first kappa shape index (κ1) is 20.3. The van der Waals surface area contributed by atoms with Gasteiger partial charge in [-0.25, -0.2) is 8.42 Å². The highest BCUT2D eigenvalue weighted by Crippen LogP contribution is 2.30. The van der Waals surface area contributed by atoms with E-state index in [9.17, 15) is 13.2 Å². The molecular formula is C19H30N4O3S. The maximum absolute atomic E-state index is 13.1.